The highest BCUT2D eigenvalue weighted by molar-refractivity contribution is 7.90. The van der Waals surface area contributed by atoms with E-state index in [1.54, 1.807) is 0 Å². The second-order valence-electron chi connectivity index (χ2n) is 6.44. The van der Waals surface area contributed by atoms with Gasteiger partial charge in [-0.05, 0) is 43.2 Å². The average Bonchev–Trinajstić information content (AvgIpc) is 3.05. The van der Waals surface area contributed by atoms with Gasteiger partial charge in [0, 0.05) is 17.2 Å². The Bertz CT molecular complexity index is 581. The maximum atomic E-state index is 11.5. The smallest absolute Gasteiger partial charge is 0.148 e. The first kappa shape index (κ1) is 13.1. The van der Waals surface area contributed by atoms with Gasteiger partial charge in [0.2, 0.25) is 0 Å². The largest absolute Gasteiger partial charge is 0.321 e. The van der Waals surface area contributed by atoms with Crippen LogP contribution < -0.4 is 5.73 Å². The van der Waals surface area contributed by atoms with Crippen LogP contribution in [0.2, 0.25) is 0 Å². The van der Waals surface area contributed by atoms with Crippen molar-refractivity contribution >= 4 is 9.84 Å². The molecule has 0 atom stereocenters. The fraction of sp³-hybridized carbons (Fsp3) is 0.600. The third-order valence-corrected chi connectivity index (χ3v) is 5.79. The van der Waals surface area contributed by atoms with Crippen LogP contribution >= 0.6 is 0 Å². The Morgan fingerprint density at radius 3 is 1.95 bits per heavy atom. The highest BCUT2D eigenvalue weighted by atomic mass is 32.2. The topological polar surface area (TPSA) is 60.2 Å². The highest BCUT2D eigenvalue weighted by Gasteiger charge is 2.46. The van der Waals surface area contributed by atoms with Crippen molar-refractivity contribution in [1.29, 1.82) is 0 Å². The minimum atomic E-state index is -2.92. The van der Waals surface area contributed by atoms with Crippen LogP contribution in [0.1, 0.15) is 43.2 Å². The second kappa shape index (κ2) is 4.06. The quantitative estimate of drug-likeness (QED) is 0.918. The molecule has 0 spiro atoms. The molecule has 4 heteroatoms. The summed E-state index contributed by atoms with van der Waals surface area (Å²) in [5.74, 6) is 0.271. The normalized spacial score (nSPS) is 23.7. The second-order valence-corrected chi connectivity index (χ2v) is 8.58. The Morgan fingerprint density at radius 2 is 1.58 bits per heavy atom. The third kappa shape index (κ3) is 2.43. The van der Waals surface area contributed by atoms with Crippen molar-refractivity contribution in [2.45, 2.75) is 43.1 Å². The van der Waals surface area contributed by atoms with Crippen molar-refractivity contribution in [2.24, 2.45) is 5.73 Å². The first-order valence-electron chi connectivity index (χ1n) is 6.91. The zero-order valence-corrected chi connectivity index (χ0v) is 12.2. The molecule has 0 aliphatic heterocycles. The Labute approximate surface area is 115 Å². The van der Waals surface area contributed by atoms with Crippen LogP contribution in [0.15, 0.2) is 24.3 Å². The summed E-state index contributed by atoms with van der Waals surface area (Å²) in [6.45, 7) is 0. The molecule has 3 rings (SSSR count). The van der Waals surface area contributed by atoms with E-state index < -0.39 is 9.84 Å². The maximum Gasteiger partial charge on any atom is 0.148 e. The molecule has 3 nitrogen and oxygen atoms in total. The van der Waals surface area contributed by atoms with Gasteiger partial charge in [0.05, 0.1) is 5.75 Å². The molecule has 0 aromatic heterocycles. The molecular formula is C15H21NO2S. The van der Waals surface area contributed by atoms with E-state index in [1.807, 2.05) is 0 Å². The Kier molecular flexibility index (Phi) is 2.81. The van der Waals surface area contributed by atoms with Gasteiger partial charge in [0.15, 0.2) is 0 Å². The molecule has 2 fully saturated rings. The predicted molar refractivity (Wildman–Crippen MR) is 76.8 cm³/mol. The number of sulfone groups is 1. The number of benzene rings is 1. The summed E-state index contributed by atoms with van der Waals surface area (Å²) in [4.78, 5) is 0. The van der Waals surface area contributed by atoms with Gasteiger partial charge in [0.1, 0.15) is 9.84 Å². The molecule has 1 aromatic carbocycles. The van der Waals surface area contributed by atoms with Crippen molar-refractivity contribution in [3.05, 3.63) is 35.4 Å². The van der Waals surface area contributed by atoms with E-state index in [1.165, 1.54) is 18.2 Å². The molecule has 0 amide bonds. The lowest BCUT2D eigenvalue weighted by molar-refractivity contribution is 0.253. The van der Waals surface area contributed by atoms with E-state index in [2.05, 4.69) is 24.3 Å². The lowest BCUT2D eigenvalue weighted by Crippen LogP contribution is -2.43. The average molecular weight is 279 g/mol. The number of hydrogen-bond donors (Lipinski definition) is 1. The van der Waals surface area contributed by atoms with E-state index in [0.29, 0.717) is 0 Å². The predicted octanol–water partition coefficient (Wildman–Crippen LogP) is 2.10. The molecule has 104 valence electrons. The number of rotatable bonds is 4. The number of hydrogen-bond acceptors (Lipinski definition) is 3. The lowest BCUT2D eigenvalue weighted by Gasteiger charge is -2.38. The minimum Gasteiger partial charge on any atom is -0.321 e. The Balaban J connectivity index is 1.83. The summed E-state index contributed by atoms with van der Waals surface area (Å²) in [7, 11) is -2.92. The van der Waals surface area contributed by atoms with Crippen LogP contribution in [0, 0.1) is 0 Å². The first-order chi connectivity index (χ1) is 8.83. The lowest BCUT2D eigenvalue weighted by atomic mass is 9.72. The van der Waals surface area contributed by atoms with Crippen LogP contribution in [-0.4, -0.2) is 20.4 Å². The van der Waals surface area contributed by atoms with Gasteiger partial charge in [-0.25, -0.2) is 8.42 Å². The molecule has 0 unspecified atom stereocenters. The molecule has 0 radical (unpaired) electrons. The molecule has 2 aliphatic carbocycles. The van der Waals surface area contributed by atoms with Crippen LogP contribution in [0.3, 0.4) is 0 Å². The summed E-state index contributed by atoms with van der Waals surface area (Å²) in [5, 5.41) is 0. The third-order valence-electron chi connectivity index (χ3n) is 4.71. The number of nitrogens with two attached hydrogens (primary N) is 1. The van der Waals surface area contributed by atoms with E-state index in [4.69, 9.17) is 5.73 Å². The van der Waals surface area contributed by atoms with Gasteiger partial charge >= 0.3 is 0 Å². The standard InChI is InChI=1S/C15H21NO2S/c1-19(17,18)11-14(9-10-14)12-3-5-13(6-4-12)15(16)7-2-8-15/h3-6H,2,7-11,16H2,1H3. The first-order valence-corrected chi connectivity index (χ1v) is 8.97. The van der Waals surface area contributed by atoms with Crippen molar-refractivity contribution < 1.29 is 8.42 Å². The van der Waals surface area contributed by atoms with E-state index in [0.717, 1.165) is 31.2 Å². The summed E-state index contributed by atoms with van der Waals surface area (Å²) >= 11 is 0. The Hall–Kier alpha value is -0.870. The van der Waals surface area contributed by atoms with Gasteiger partial charge in [0.25, 0.3) is 0 Å². The summed E-state index contributed by atoms with van der Waals surface area (Å²) in [6, 6.07) is 8.36. The zero-order valence-electron chi connectivity index (χ0n) is 11.4. The maximum absolute atomic E-state index is 11.5. The van der Waals surface area contributed by atoms with Crippen LogP contribution in [0.5, 0.6) is 0 Å². The zero-order chi connectivity index (χ0) is 13.7. The summed E-state index contributed by atoms with van der Waals surface area (Å²) < 4.78 is 23.0. The fourth-order valence-electron chi connectivity index (χ4n) is 3.17. The molecule has 0 heterocycles. The van der Waals surface area contributed by atoms with E-state index >= 15 is 0 Å². The molecule has 2 saturated carbocycles. The Morgan fingerprint density at radius 1 is 1.05 bits per heavy atom. The van der Waals surface area contributed by atoms with Crippen LogP contribution in [0.4, 0.5) is 0 Å². The fourth-order valence-corrected chi connectivity index (χ4v) is 4.63. The summed E-state index contributed by atoms with van der Waals surface area (Å²) in [5.41, 5.74) is 8.40. The highest BCUT2D eigenvalue weighted by Crippen LogP contribution is 2.49. The van der Waals surface area contributed by atoms with Crippen molar-refractivity contribution in [1.82, 2.24) is 0 Å². The molecule has 1 aromatic rings. The van der Waals surface area contributed by atoms with Crippen LogP contribution in [-0.2, 0) is 20.8 Å². The summed E-state index contributed by atoms with van der Waals surface area (Å²) in [6.07, 6.45) is 6.60. The van der Waals surface area contributed by atoms with Gasteiger partial charge in [-0.15, -0.1) is 0 Å². The van der Waals surface area contributed by atoms with E-state index in [-0.39, 0.29) is 16.7 Å². The minimum absolute atomic E-state index is 0.118. The van der Waals surface area contributed by atoms with Gasteiger partial charge in [-0.2, -0.15) is 0 Å². The monoisotopic (exact) mass is 279 g/mol. The van der Waals surface area contributed by atoms with Gasteiger partial charge in [-0.3, -0.25) is 0 Å². The molecule has 2 aliphatic rings. The molecule has 2 N–H and O–H groups in total. The molecule has 19 heavy (non-hydrogen) atoms. The van der Waals surface area contributed by atoms with Gasteiger partial charge in [-0.1, -0.05) is 24.3 Å². The van der Waals surface area contributed by atoms with Crippen molar-refractivity contribution in [3.63, 3.8) is 0 Å². The van der Waals surface area contributed by atoms with E-state index in [9.17, 15) is 8.42 Å². The SMILES string of the molecule is CS(=O)(=O)CC1(c2ccc(C3(N)CCC3)cc2)CC1. The van der Waals surface area contributed by atoms with Crippen LogP contribution in [0.25, 0.3) is 0 Å². The van der Waals surface area contributed by atoms with Gasteiger partial charge < -0.3 is 5.73 Å². The molecule has 0 bridgehead atoms. The molecule has 0 saturated heterocycles. The van der Waals surface area contributed by atoms with Crippen molar-refractivity contribution in [3.8, 4) is 0 Å². The van der Waals surface area contributed by atoms with Crippen molar-refractivity contribution in [2.75, 3.05) is 12.0 Å². The molecular weight excluding hydrogens is 258 g/mol.